The van der Waals surface area contributed by atoms with Crippen LogP contribution in [0.4, 0.5) is 17.6 Å². The van der Waals surface area contributed by atoms with E-state index in [0.717, 1.165) is 11.8 Å². The molecule has 0 unspecified atom stereocenters. The van der Waals surface area contributed by atoms with Gasteiger partial charge in [0.25, 0.3) is 0 Å². The van der Waals surface area contributed by atoms with Gasteiger partial charge in [0, 0.05) is 17.1 Å². The van der Waals surface area contributed by atoms with Crippen molar-refractivity contribution in [3.05, 3.63) is 59.0 Å². The highest BCUT2D eigenvalue weighted by molar-refractivity contribution is 5.91. The number of halogens is 4. The smallest absolute Gasteiger partial charge is 0.419 e. The lowest BCUT2D eigenvalue weighted by Gasteiger charge is -2.11. The molecule has 0 aliphatic carbocycles. The summed E-state index contributed by atoms with van der Waals surface area (Å²) in [7, 11) is 0. The van der Waals surface area contributed by atoms with Crippen LogP contribution in [0.15, 0.2) is 36.4 Å². The zero-order valence-electron chi connectivity index (χ0n) is 12.3. The van der Waals surface area contributed by atoms with Crippen molar-refractivity contribution in [1.82, 2.24) is 4.98 Å². The van der Waals surface area contributed by atoms with Gasteiger partial charge in [-0.2, -0.15) is 18.4 Å². The van der Waals surface area contributed by atoms with Gasteiger partial charge in [0.2, 0.25) is 0 Å². The van der Waals surface area contributed by atoms with E-state index in [-0.39, 0.29) is 5.75 Å². The van der Waals surface area contributed by atoms with Crippen LogP contribution in [0.2, 0.25) is 0 Å². The number of alkyl halides is 3. The Morgan fingerprint density at radius 2 is 1.88 bits per heavy atom. The molecule has 0 saturated heterocycles. The van der Waals surface area contributed by atoms with E-state index >= 15 is 0 Å². The molecule has 0 saturated carbocycles. The third-order valence-corrected chi connectivity index (χ3v) is 3.48. The molecule has 0 amide bonds. The minimum atomic E-state index is -4.76. The SMILES string of the molecule is Cc1cc2c(Oc3ccc(C(F)(F)F)c(F)c3)ccc(C#N)c2[nH]1. The number of aromatic nitrogens is 1. The number of aryl methyl sites for hydroxylation is 1. The average Bonchev–Trinajstić information content (AvgIpc) is 2.88. The van der Waals surface area contributed by atoms with E-state index in [1.54, 1.807) is 13.0 Å². The summed E-state index contributed by atoms with van der Waals surface area (Å²) in [5.74, 6) is -1.16. The molecule has 0 aliphatic heterocycles. The third kappa shape index (κ3) is 2.78. The van der Waals surface area contributed by atoms with E-state index in [0.29, 0.717) is 34.3 Å². The summed E-state index contributed by atoms with van der Waals surface area (Å²) in [4.78, 5) is 3.02. The van der Waals surface area contributed by atoms with Gasteiger partial charge >= 0.3 is 6.18 Å². The van der Waals surface area contributed by atoms with Crippen molar-refractivity contribution in [2.75, 3.05) is 0 Å². The van der Waals surface area contributed by atoms with E-state index in [9.17, 15) is 17.6 Å². The van der Waals surface area contributed by atoms with Crippen molar-refractivity contribution < 1.29 is 22.3 Å². The lowest BCUT2D eigenvalue weighted by Crippen LogP contribution is -2.07. The largest absolute Gasteiger partial charge is 0.457 e. The van der Waals surface area contributed by atoms with Gasteiger partial charge in [-0.15, -0.1) is 0 Å². The van der Waals surface area contributed by atoms with E-state index in [4.69, 9.17) is 10.00 Å². The van der Waals surface area contributed by atoms with E-state index < -0.39 is 17.6 Å². The highest BCUT2D eigenvalue weighted by atomic mass is 19.4. The fraction of sp³-hybridized carbons (Fsp3) is 0.118. The van der Waals surface area contributed by atoms with Crippen LogP contribution in [0.1, 0.15) is 16.8 Å². The number of rotatable bonds is 2. The summed E-state index contributed by atoms with van der Waals surface area (Å²) in [6.45, 7) is 1.79. The van der Waals surface area contributed by atoms with E-state index in [1.165, 1.54) is 12.1 Å². The number of nitrogens with zero attached hydrogens (tertiary/aromatic N) is 1. The number of nitriles is 1. The summed E-state index contributed by atoms with van der Waals surface area (Å²) < 4.78 is 56.9. The van der Waals surface area contributed by atoms with Gasteiger partial charge in [0.1, 0.15) is 23.4 Å². The highest BCUT2D eigenvalue weighted by Gasteiger charge is 2.34. The van der Waals surface area contributed by atoms with Crippen molar-refractivity contribution in [2.45, 2.75) is 13.1 Å². The topological polar surface area (TPSA) is 48.8 Å². The van der Waals surface area contributed by atoms with Crippen LogP contribution in [0, 0.1) is 24.1 Å². The van der Waals surface area contributed by atoms with Crippen molar-refractivity contribution in [3.8, 4) is 17.6 Å². The number of benzene rings is 2. The lowest BCUT2D eigenvalue weighted by atomic mass is 10.1. The first-order chi connectivity index (χ1) is 11.3. The molecule has 3 nitrogen and oxygen atoms in total. The first kappa shape index (κ1) is 15.9. The molecular weight excluding hydrogens is 324 g/mol. The summed E-state index contributed by atoms with van der Waals surface area (Å²) >= 11 is 0. The molecule has 0 aliphatic rings. The zero-order chi connectivity index (χ0) is 17.5. The van der Waals surface area contributed by atoms with Crippen LogP contribution in [0.3, 0.4) is 0 Å². The Kier molecular flexibility index (Phi) is 3.68. The molecule has 0 atom stereocenters. The molecular formula is C17H10F4N2O. The third-order valence-electron chi connectivity index (χ3n) is 3.48. The second kappa shape index (κ2) is 5.57. The molecule has 0 spiro atoms. The number of fused-ring (bicyclic) bond motifs is 1. The Bertz CT molecular complexity index is 967. The normalized spacial score (nSPS) is 11.5. The van der Waals surface area contributed by atoms with Crippen LogP contribution in [-0.4, -0.2) is 4.98 Å². The molecule has 3 rings (SSSR count). The van der Waals surface area contributed by atoms with Crippen LogP contribution in [0.25, 0.3) is 10.9 Å². The molecule has 2 aromatic carbocycles. The Hall–Kier alpha value is -3.01. The Morgan fingerprint density at radius 1 is 1.12 bits per heavy atom. The van der Waals surface area contributed by atoms with Crippen molar-refractivity contribution >= 4 is 10.9 Å². The maximum atomic E-state index is 13.6. The minimum absolute atomic E-state index is 0.0645. The molecule has 1 heterocycles. The number of H-pyrrole nitrogens is 1. The Morgan fingerprint density at radius 3 is 2.50 bits per heavy atom. The number of ether oxygens (including phenoxy) is 1. The quantitative estimate of drug-likeness (QED) is 0.647. The maximum Gasteiger partial charge on any atom is 0.419 e. The molecule has 0 fully saturated rings. The number of hydrogen-bond donors (Lipinski definition) is 1. The molecule has 1 aromatic heterocycles. The molecule has 122 valence electrons. The van der Waals surface area contributed by atoms with Gasteiger partial charge in [-0.1, -0.05) is 0 Å². The second-order valence-electron chi connectivity index (χ2n) is 5.21. The summed E-state index contributed by atoms with van der Waals surface area (Å²) in [5.41, 5.74) is 0.400. The summed E-state index contributed by atoms with van der Waals surface area (Å²) in [6, 6.07) is 9.19. The predicted molar refractivity (Wildman–Crippen MR) is 79.2 cm³/mol. The van der Waals surface area contributed by atoms with E-state index in [2.05, 4.69) is 4.98 Å². The van der Waals surface area contributed by atoms with Gasteiger partial charge in [-0.3, -0.25) is 0 Å². The van der Waals surface area contributed by atoms with Gasteiger partial charge in [-0.05, 0) is 37.3 Å². The lowest BCUT2D eigenvalue weighted by molar-refractivity contribution is -0.140. The highest BCUT2D eigenvalue weighted by Crippen LogP contribution is 2.36. The molecule has 0 bridgehead atoms. The number of hydrogen-bond acceptors (Lipinski definition) is 2. The fourth-order valence-electron chi connectivity index (χ4n) is 2.43. The van der Waals surface area contributed by atoms with Gasteiger partial charge in [0.05, 0.1) is 16.6 Å². The van der Waals surface area contributed by atoms with Crippen LogP contribution < -0.4 is 4.74 Å². The van der Waals surface area contributed by atoms with Gasteiger partial charge in [0.15, 0.2) is 0 Å². The van der Waals surface area contributed by atoms with Crippen molar-refractivity contribution in [2.24, 2.45) is 0 Å². The summed E-state index contributed by atoms with van der Waals surface area (Å²) in [6.07, 6.45) is -4.76. The second-order valence-corrected chi connectivity index (χ2v) is 5.21. The van der Waals surface area contributed by atoms with Crippen LogP contribution in [0.5, 0.6) is 11.5 Å². The van der Waals surface area contributed by atoms with Gasteiger partial charge in [-0.25, -0.2) is 4.39 Å². The number of nitrogens with one attached hydrogen (secondary N) is 1. The van der Waals surface area contributed by atoms with Crippen LogP contribution >= 0.6 is 0 Å². The Labute approximate surface area is 134 Å². The van der Waals surface area contributed by atoms with Gasteiger partial charge < -0.3 is 9.72 Å². The predicted octanol–water partition coefficient (Wildman–Crippen LogP) is 5.30. The van der Waals surface area contributed by atoms with Crippen molar-refractivity contribution in [3.63, 3.8) is 0 Å². The first-order valence-electron chi connectivity index (χ1n) is 6.86. The minimum Gasteiger partial charge on any atom is -0.457 e. The summed E-state index contributed by atoms with van der Waals surface area (Å²) in [5, 5.41) is 9.69. The Balaban J connectivity index is 2.02. The first-order valence-corrected chi connectivity index (χ1v) is 6.86. The monoisotopic (exact) mass is 334 g/mol. The molecule has 7 heteroatoms. The standard InChI is InChI=1S/C17H10F4N2O/c1-9-6-12-15(5-2-10(8-22)16(12)23-9)24-11-3-4-13(14(18)7-11)17(19,20)21/h2-7,23H,1H3. The van der Waals surface area contributed by atoms with Crippen molar-refractivity contribution in [1.29, 1.82) is 5.26 Å². The fourth-order valence-corrected chi connectivity index (χ4v) is 2.43. The molecule has 1 N–H and O–H groups in total. The van der Waals surface area contributed by atoms with E-state index in [1.807, 2.05) is 6.07 Å². The van der Waals surface area contributed by atoms with Crippen LogP contribution in [-0.2, 0) is 6.18 Å². The average molecular weight is 334 g/mol. The maximum absolute atomic E-state index is 13.6. The molecule has 3 aromatic rings. The number of aromatic amines is 1. The molecule has 24 heavy (non-hydrogen) atoms. The zero-order valence-corrected chi connectivity index (χ0v) is 12.3. The molecule has 0 radical (unpaired) electrons.